The summed E-state index contributed by atoms with van der Waals surface area (Å²) in [6, 6.07) is 4.34. The third kappa shape index (κ3) is 3.59. The topological polar surface area (TPSA) is 52.6 Å². The fourth-order valence-corrected chi connectivity index (χ4v) is 2.98. The molecule has 4 nitrogen and oxygen atoms in total. The van der Waals surface area contributed by atoms with Crippen LogP contribution in [0.3, 0.4) is 0 Å². The normalized spacial score (nSPS) is 15.7. The summed E-state index contributed by atoms with van der Waals surface area (Å²) in [5.74, 6) is -0.313. The van der Waals surface area contributed by atoms with Gasteiger partial charge in [-0.3, -0.25) is 0 Å². The number of hydrogen-bond donors (Lipinski definition) is 0. The molecule has 0 saturated heterocycles. The highest BCUT2D eigenvalue weighted by Crippen LogP contribution is 2.36. The maximum atomic E-state index is 12.3. The minimum absolute atomic E-state index is 0.115. The summed E-state index contributed by atoms with van der Waals surface area (Å²) >= 11 is -2.10. The number of alkyl halides is 3. The molecule has 0 bridgehead atoms. The maximum Gasteiger partial charge on any atom is 0.508 e. The van der Waals surface area contributed by atoms with E-state index in [4.69, 9.17) is 0 Å². The van der Waals surface area contributed by atoms with Gasteiger partial charge in [-0.2, -0.15) is 13.2 Å². The first-order valence-corrected chi connectivity index (χ1v) is 7.61. The number of hydrogen-bond acceptors (Lipinski definition) is 5. The number of methoxy groups -OCH3 is 1. The Balaban J connectivity index is 2.28. The van der Waals surface area contributed by atoms with Crippen molar-refractivity contribution in [2.24, 2.45) is 0 Å². The standard InChI is InChI=1S/C12H9F3O4S2/c1-18-11(16)7-2-3-8-9(4-5-20-10(8)6-7)19-21(17)12(13,14)15/h2-4,6H,5H2,1H3. The SMILES string of the molecule is COC(=O)c1ccc2c(c1)SCC=C2OS(=O)C(F)(F)F. The summed E-state index contributed by atoms with van der Waals surface area (Å²) in [7, 11) is 1.23. The van der Waals surface area contributed by atoms with Crippen molar-refractivity contribution in [3.63, 3.8) is 0 Å². The second-order valence-electron chi connectivity index (χ2n) is 3.85. The van der Waals surface area contributed by atoms with Gasteiger partial charge >= 0.3 is 22.6 Å². The second kappa shape index (κ2) is 6.10. The van der Waals surface area contributed by atoms with E-state index in [1.54, 1.807) is 0 Å². The molecule has 0 radical (unpaired) electrons. The second-order valence-corrected chi connectivity index (χ2v) is 6.01. The lowest BCUT2D eigenvalue weighted by atomic mass is 10.1. The van der Waals surface area contributed by atoms with E-state index in [1.807, 2.05) is 0 Å². The van der Waals surface area contributed by atoms with Crippen molar-refractivity contribution >= 4 is 34.6 Å². The highest BCUT2D eigenvalue weighted by Gasteiger charge is 2.40. The van der Waals surface area contributed by atoms with E-state index in [-0.39, 0.29) is 11.3 Å². The Hall–Kier alpha value is -1.48. The Kier molecular flexibility index (Phi) is 4.62. The molecular formula is C12H9F3O4S2. The quantitative estimate of drug-likeness (QED) is 0.793. The number of halogens is 3. The smallest absolute Gasteiger partial charge is 0.465 e. The molecule has 1 heterocycles. The van der Waals surface area contributed by atoms with E-state index in [0.29, 0.717) is 16.2 Å². The fraction of sp³-hybridized carbons (Fsp3) is 0.250. The van der Waals surface area contributed by atoms with E-state index >= 15 is 0 Å². The molecule has 0 saturated carbocycles. The highest BCUT2D eigenvalue weighted by atomic mass is 32.2. The van der Waals surface area contributed by atoms with Crippen LogP contribution in [0.4, 0.5) is 13.2 Å². The molecule has 114 valence electrons. The maximum absolute atomic E-state index is 12.3. The van der Waals surface area contributed by atoms with Gasteiger partial charge in [0.1, 0.15) is 5.76 Å². The number of carbonyl (C=O) groups is 1. The van der Waals surface area contributed by atoms with Crippen molar-refractivity contribution in [2.75, 3.05) is 12.9 Å². The first-order chi connectivity index (χ1) is 9.82. The molecule has 0 spiro atoms. The van der Waals surface area contributed by atoms with E-state index < -0.39 is 22.6 Å². The molecule has 1 unspecified atom stereocenters. The first kappa shape index (κ1) is 15.9. The Labute approximate surface area is 125 Å². The average Bonchev–Trinajstić information content (AvgIpc) is 2.45. The zero-order valence-electron chi connectivity index (χ0n) is 10.6. The fourth-order valence-electron chi connectivity index (χ4n) is 1.61. The van der Waals surface area contributed by atoms with Gasteiger partial charge in [0, 0.05) is 16.2 Å². The van der Waals surface area contributed by atoms with Gasteiger partial charge in [-0.15, -0.1) is 11.8 Å². The molecule has 0 amide bonds. The summed E-state index contributed by atoms with van der Waals surface area (Å²) in [6.07, 6.45) is 1.41. The van der Waals surface area contributed by atoms with Gasteiger partial charge in [0.05, 0.1) is 12.7 Å². The molecule has 1 aliphatic rings. The van der Waals surface area contributed by atoms with Gasteiger partial charge < -0.3 is 8.92 Å². The Morgan fingerprint density at radius 1 is 1.38 bits per heavy atom. The highest BCUT2D eigenvalue weighted by molar-refractivity contribution is 7.99. The molecule has 0 N–H and O–H groups in total. The Morgan fingerprint density at radius 2 is 2.10 bits per heavy atom. The number of ether oxygens (including phenoxy) is 1. The van der Waals surface area contributed by atoms with E-state index in [9.17, 15) is 22.2 Å². The van der Waals surface area contributed by atoms with Gasteiger partial charge in [-0.05, 0) is 24.3 Å². The van der Waals surface area contributed by atoms with Crippen LogP contribution in [0.1, 0.15) is 15.9 Å². The number of rotatable bonds is 3. The van der Waals surface area contributed by atoms with Crippen molar-refractivity contribution in [3.8, 4) is 0 Å². The van der Waals surface area contributed by atoms with E-state index in [2.05, 4.69) is 8.92 Å². The van der Waals surface area contributed by atoms with Gasteiger partial charge in [-0.25, -0.2) is 9.00 Å². The van der Waals surface area contributed by atoms with Crippen molar-refractivity contribution in [2.45, 2.75) is 10.4 Å². The monoisotopic (exact) mass is 338 g/mol. The summed E-state index contributed by atoms with van der Waals surface area (Å²) in [4.78, 5) is 12.0. The van der Waals surface area contributed by atoms with Gasteiger partial charge in [-0.1, -0.05) is 0 Å². The van der Waals surface area contributed by atoms with Crippen molar-refractivity contribution in [3.05, 3.63) is 35.4 Å². The van der Waals surface area contributed by atoms with Gasteiger partial charge in [0.15, 0.2) is 0 Å². The van der Waals surface area contributed by atoms with Crippen LogP contribution >= 0.6 is 11.8 Å². The Morgan fingerprint density at radius 3 is 2.71 bits per heavy atom. The summed E-state index contributed by atoms with van der Waals surface area (Å²) in [5.41, 5.74) is -4.31. The largest absolute Gasteiger partial charge is 0.508 e. The molecule has 1 aliphatic heterocycles. The van der Waals surface area contributed by atoms with Crippen LogP contribution < -0.4 is 0 Å². The minimum atomic E-state index is -4.95. The molecule has 0 aliphatic carbocycles. The molecule has 9 heteroatoms. The lowest BCUT2D eigenvalue weighted by molar-refractivity contribution is -0.0445. The predicted octanol–water partition coefficient (Wildman–Crippen LogP) is 3.12. The zero-order valence-corrected chi connectivity index (χ0v) is 12.2. The molecule has 0 fully saturated rings. The number of carbonyl (C=O) groups excluding carboxylic acids is 1. The molecule has 2 rings (SSSR count). The van der Waals surface area contributed by atoms with E-state index in [1.165, 1.54) is 43.1 Å². The lowest BCUT2D eigenvalue weighted by Crippen LogP contribution is -2.18. The average molecular weight is 338 g/mol. The van der Waals surface area contributed by atoms with Crippen LogP contribution in [0.15, 0.2) is 29.2 Å². The number of thioether (sulfide) groups is 1. The van der Waals surface area contributed by atoms with Crippen molar-refractivity contribution in [1.29, 1.82) is 0 Å². The van der Waals surface area contributed by atoms with Crippen molar-refractivity contribution in [1.82, 2.24) is 0 Å². The van der Waals surface area contributed by atoms with Crippen LogP contribution in [0.25, 0.3) is 5.76 Å². The van der Waals surface area contributed by atoms with Crippen LogP contribution in [0, 0.1) is 0 Å². The Bertz CT molecular complexity index is 625. The summed E-state index contributed by atoms with van der Waals surface area (Å²) in [5, 5.41) is 0. The van der Waals surface area contributed by atoms with Gasteiger partial charge in [0.25, 0.3) is 0 Å². The minimum Gasteiger partial charge on any atom is -0.465 e. The zero-order chi connectivity index (χ0) is 15.6. The molecule has 1 atom stereocenters. The number of esters is 1. The number of benzene rings is 1. The lowest BCUT2D eigenvalue weighted by Gasteiger charge is -2.18. The van der Waals surface area contributed by atoms with Crippen LogP contribution in [-0.4, -0.2) is 28.5 Å². The molecule has 1 aromatic rings. The van der Waals surface area contributed by atoms with Crippen LogP contribution in [0.2, 0.25) is 0 Å². The van der Waals surface area contributed by atoms with Crippen LogP contribution in [-0.2, 0) is 20.0 Å². The number of fused-ring (bicyclic) bond motifs is 1. The molecular weight excluding hydrogens is 329 g/mol. The van der Waals surface area contributed by atoms with Crippen molar-refractivity contribution < 1.29 is 31.1 Å². The molecule has 21 heavy (non-hydrogen) atoms. The predicted molar refractivity (Wildman–Crippen MR) is 71.8 cm³/mol. The van der Waals surface area contributed by atoms with Crippen LogP contribution in [0.5, 0.6) is 0 Å². The molecule has 1 aromatic carbocycles. The third-order valence-electron chi connectivity index (χ3n) is 2.53. The van der Waals surface area contributed by atoms with E-state index in [0.717, 1.165) is 0 Å². The summed E-state index contributed by atoms with van der Waals surface area (Å²) < 4.78 is 56.9. The first-order valence-electron chi connectivity index (χ1n) is 5.55. The molecule has 0 aromatic heterocycles. The van der Waals surface area contributed by atoms with Gasteiger partial charge in [0.2, 0.25) is 0 Å². The summed E-state index contributed by atoms with van der Waals surface area (Å²) in [6.45, 7) is 0. The third-order valence-corrected chi connectivity index (χ3v) is 4.22.